The third-order valence-electron chi connectivity index (χ3n) is 3.19. The first-order valence-electron chi connectivity index (χ1n) is 6.99. The number of halogens is 2. The number of H-pyrrole nitrogens is 1. The van der Waals surface area contributed by atoms with Crippen LogP contribution in [-0.4, -0.2) is 35.0 Å². The van der Waals surface area contributed by atoms with Crippen LogP contribution in [0.25, 0.3) is 0 Å². The number of benzene rings is 1. The van der Waals surface area contributed by atoms with Gasteiger partial charge in [0.05, 0.1) is 29.1 Å². The molecule has 0 aliphatic carbocycles. The number of rotatable bonds is 6. The van der Waals surface area contributed by atoms with E-state index < -0.39 is 0 Å². The van der Waals surface area contributed by atoms with Gasteiger partial charge < -0.3 is 9.84 Å². The highest BCUT2D eigenvalue weighted by Crippen LogP contribution is 2.33. The summed E-state index contributed by atoms with van der Waals surface area (Å²) >= 11 is 12.1. The minimum absolute atomic E-state index is 0.116. The highest BCUT2D eigenvalue weighted by atomic mass is 35.5. The molecule has 0 saturated heterocycles. The Labute approximate surface area is 148 Å². The van der Waals surface area contributed by atoms with Crippen molar-refractivity contribution in [2.45, 2.75) is 13.3 Å². The number of hydrazone groups is 1. The minimum Gasteiger partial charge on any atom is -0.494 e. The van der Waals surface area contributed by atoms with E-state index in [0.717, 1.165) is 0 Å². The van der Waals surface area contributed by atoms with Crippen molar-refractivity contribution in [3.05, 3.63) is 49.4 Å². The monoisotopic (exact) mass is 370 g/mol. The Balaban J connectivity index is 2.16. The third-order valence-corrected chi connectivity index (χ3v) is 3.75. The molecule has 1 heterocycles. The molecular formula is C15H16Cl2N4O3. The number of hydrogen-bond acceptors (Lipinski definition) is 6. The third kappa shape index (κ3) is 4.25. The molecule has 128 valence electrons. The quantitative estimate of drug-likeness (QED) is 0.535. The molecule has 0 saturated carbocycles. The number of aliphatic hydroxyl groups excluding tert-OH is 1. The molecule has 0 fully saturated rings. The maximum Gasteiger partial charge on any atom is 0.255 e. The molecule has 0 spiro atoms. The van der Waals surface area contributed by atoms with Crippen molar-refractivity contribution in [1.82, 2.24) is 9.97 Å². The van der Waals surface area contributed by atoms with Crippen molar-refractivity contribution in [3.63, 3.8) is 0 Å². The van der Waals surface area contributed by atoms with E-state index in [1.165, 1.54) is 13.3 Å². The first-order chi connectivity index (χ1) is 11.5. The molecular weight excluding hydrogens is 355 g/mol. The highest BCUT2D eigenvalue weighted by Gasteiger charge is 2.08. The van der Waals surface area contributed by atoms with Gasteiger partial charge in [-0.3, -0.25) is 9.78 Å². The predicted octanol–water partition coefficient (Wildman–Crippen LogP) is 2.37. The minimum atomic E-state index is -0.315. The average molecular weight is 371 g/mol. The Bertz CT molecular complexity index is 798. The van der Waals surface area contributed by atoms with Crippen LogP contribution >= 0.6 is 23.2 Å². The number of aromatic nitrogens is 2. The molecule has 0 aliphatic rings. The average Bonchev–Trinajstić information content (AvgIpc) is 2.51. The van der Waals surface area contributed by atoms with Gasteiger partial charge in [0, 0.05) is 18.6 Å². The van der Waals surface area contributed by atoms with E-state index in [2.05, 4.69) is 20.5 Å². The van der Waals surface area contributed by atoms with Gasteiger partial charge in [0.1, 0.15) is 0 Å². The van der Waals surface area contributed by atoms with Crippen LogP contribution in [0.1, 0.15) is 16.8 Å². The van der Waals surface area contributed by atoms with Gasteiger partial charge >= 0.3 is 0 Å². The number of nitrogens with zero attached hydrogens (tertiary/aromatic N) is 2. The van der Waals surface area contributed by atoms with E-state index in [1.54, 1.807) is 19.1 Å². The number of aryl methyl sites for hydroxylation is 1. The van der Waals surface area contributed by atoms with Crippen molar-refractivity contribution < 1.29 is 9.84 Å². The molecule has 7 nitrogen and oxygen atoms in total. The summed E-state index contributed by atoms with van der Waals surface area (Å²) in [5, 5.41) is 13.7. The zero-order valence-corrected chi connectivity index (χ0v) is 14.6. The lowest BCUT2D eigenvalue weighted by molar-refractivity contribution is 0.298. The number of nitrogens with one attached hydrogen (secondary N) is 2. The number of methoxy groups -OCH3 is 1. The van der Waals surface area contributed by atoms with Gasteiger partial charge in [-0.2, -0.15) is 5.10 Å². The van der Waals surface area contributed by atoms with Crippen LogP contribution < -0.4 is 15.7 Å². The van der Waals surface area contributed by atoms with Crippen molar-refractivity contribution >= 4 is 35.4 Å². The molecule has 1 aromatic heterocycles. The van der Waals surface area contributed by atoms with Crippen molar-refractivity contribution in [2.24, 2.45) is 5.10 Å². The molecule has 0 radical (unpaired) electrons. The number of aliphatic hydroxyl groups is 1. The van der Waals surface area contributed by atoms with Gasteiger partial charge in [-0.05, 0) is 24.6 Å². The van der Waals surface area contributed by atoms with E-state index in [4.69, 9.17) is 33.0 Å². The summed E-state index contributed by atoms with van der Waals surface area (Å²) in [4.78, 5) is 18.6. The van der Waals surface area contributed by atoms with Crippen LogP contribution in [0.5, 0.6) is 5.75 Å². The van der Waals surface area contributed by atoms with Gasteiger partial charge in [-0.1, -0.05) is 23.2 Å². The van der Waals surface area contributed by atoms with Crippen LogP contribution in [0, 0.1) is 6.92 Å². The normalized spacial score (nSPS) is 11.0. The standard InChI is InChI=1S/C15H16Cl2N4O3/c1-8-10(3-4-22)14(23)20-15(19-8)21-18-7-9-5-11(16)13(24-2)12(17)6-9/h5-7,22H,3-4H2,1-2H3,(H2,19,20,21,23)/b18-7-. The summed E-state index contributed by atoms with van der Waals surface area (Å²) in [6.07, 6.45) is 1.73. The summed E-state index contributed by atoms with van der Waals surface area (Å²) in [7, 11) is 1.48. The van der Waals surface area contributed by atoms with Gasteiger partial charge in [-0.15, -0.1) is 0 Å². The van der Waals surface area contributed by atoms with Crippen LogP contribution in [0.3, 0.4) is 0 Å². The summed E-state index contributed by atoms with van der Waals surface area (Å²) in [6.45, 7) is 1.58. The number of ether oxygens (including phenoxy) is 1. The summed E-state index contributed by atoms with van der Waals surface area (Å²) < 4.78 is 5.07. The van der Waals surface area contributed by atoms with Gasteiger partial charge in [-0.25, -0.2) is 10.4 Å². The fourth-order valence-electron chi connectivity index (χ4n) is 2.09. The Hall–Kier alpha value is -2.09. The molecule has 9 heteroatoms. The smallest absolute Gasteiger partial charge is 0.255 e. The maximum absolute atomic E-state index is 11.9. The molecule has 0 bridgehead atoms. The molecule has 2 aromatic rings. The van der Waals surface area contributed by atoms with Crippen LogP contribution in [-0.2, 0) is 6.42 Å². The van der Waals surface area contributed by atoms with Crippen LogP contribution in [0.4, 0.5) is 5.95 Å². The Morgan fingerprint density at radius 1 is 1.42 bits per heavy atom. The molecule has 0 atom stereocenters. The molecule has 2 rings (SSSR count). The predicted molar refractivity (Wildman–Crippen MR) is 94.6 cm³/mol. The first-order valence-corrected chi connectivity index (χ1v) is 7.74. The molecule has 3 N–H and O–H groups in total. The van der Waals surface area contributed by atoms with Crippen LogP contribution in [0.2, 0.25) is 10.0 Å². The molecule has 0 unspecified atom stereocenters. The zero-order chi connectivity index (χ0) is 17.7. The fourth-order valence-corrected chi connectivity index (χ4v) is 2.74. The number of hydrogen-bond donors (Lipinski definition) is 3. The van der Waals surface area contributed by atoms with Gasteiger partial charge in [0.25, 0.3) is 5.56 Å². The first kappa shape index (κ1) is 18.3. The molecule has 0 amide bonds. The van der Waals surface area contributed by atoms with Crippen molar-refractivity contribution in [3.8, 4) is 5.75 Å². The Kier molecular flexibility index (Phi) is 6.19. The topological polar surface area (TPSA) is 99.6 Å². The van der Waals surface area contributed by atoms with E-state index in [9.17, 15) is 4.79 Å². The SMILES string of the molecule is COc1c(Cl)cc(/C=N\Nc2nc(C)c(CCO)c(=O)[nH]2)cc1Cl. The van der Waals surface area contributed by atoms with E-state index in [0.29, 0.717) is 32.6 Å². The Morgan fingerprint density at radius 3 is 2.62 bits per heavy atom. The van der Waals surface area contributed by atoms with Crippen molar-refractivity contribution in [1.29, 1.82) is 0 Å². The largest absolute Gasteiger partial charge is 0.494 e. The zero-order valence-electron chi connectivity index (χ0n) is 13.1. The molecule has 0 aliphatic heterocycles. The Morgan fingerprint density at radius 2 is 2.08 bits per heavy atom. The molecule has 1 aromatic carbocycles. The van der Waals surface area contributed by atoms with Crippen LogP contribution in [0.15, 0.2) is 22.0 Å². The number of anilines is 1. The van der Waals surface area contributed by atoms with Crippen molar-refractivity contribution in [2.75, 3.05) is 19.1 Å². The lowest BCUT2D eigenvalue weighted by Crippen LogP contribution is -2.19. The van der Waals surface area contributed by atoms with E-state index >= 15 is 0 Å². The summed E-state index contributed by atoms with van der Waals surface area (Å²) in [6, 6.07) is 3.28. The highest BCUT2D eigenvalue weighted by molar-refractivity contribution is 6.37. The lowest BCUT2D eigenvalue weighted by atomic mass is 10.2. The lowest BCUT2D eigenvalue weighted by Gasteiger charge is -2.07. The second-order valence-electron chi connectivity index (χ2n) is 4.84. The van der Waals surface area contributed by atoms with Gasteiger partial charge in [0.2, 0.25) is 5.95 Å². The second kappa shape index (κ2) is 8.14. The number of aromatic amines is 1. The van der Waals surface area contributed by atoms with Gasteiger partial charge in [0.15, 0.2) is 5.75 Å². The fraction of sp³-hybridized carbons (Fsp3) is 0.267. The summed E-state index contributed by atoms with van der Waals surface area (Å²) in [5.74, 6) is 0.589. The second-order valence-corrected chi connectivity index (χ2v) is 5.65. The maximum atomic E-state index is 11.9. The van der Waals surface area contributed by atoms with E-state index in [1.807, 2.05) is 0 Å². The van der Waals surface area contributed by atoms with E-state index in [-0.39, 0.29) is 24.5 Å². The molecule has 24 heavy (non-hydrogen) atoms. The summed E-state index contributed by atoms with van der Waals surface area (Å²) in [5.41, 5.74) is 3.94.